The van der Waals surface area contributed by atoms with E-state index in [0.717, 1.165) is 25.1 Å². The first kappa shape index (κ1) is 14.3. The van der Waals surface area contributed by atoms with Crippen LogP contribution in [0.5, 0.6) is 0 Å². The van der Waals surface area contributed by atoms with Gasteiger partial charge in [-0.1, -0.05) is 6.07 Å². The number of carboxylic acid groups (broad SMARTS) is 1. The molecule has 2 N–H and O–H groups in total. The van der Waals surface area contributed by atoms with Crippen LogP contribution in [0.25, 0.3) is 0 Å². The zero-order valence-electron chi connectivity index (χ0n) is 9.33. The maximum atomic E-state index is 13.0. The van der Waals surface area contributed by atoms with Crippen molar-refractivity contribution < 1.29 is 27.5 Å². The van der Waals surface area contributed by atoms with E-state index in [1.807, 2.05) is 0 Å². The van der Waals surface area contributed by atoms with Gasteiger partial charge in [0.1, 0.15) is 6.17 Å². The van der Waals surface area contributed by atoms with Crippen molar-refractivity contribution >= 4 is 11.7 Å². The molecular formula is C11H11F4NO2. The number of rotatable bonds is 4. The minimum Gasteiger partial charge on any atom is -0.480 e. The van der Waals surface area contributed by atoms with Gasteiger partial charge >= 0.3 is 12.1 Å². The predicted octanol–water partition coefficient (Wildman–Crippen LogP) is 2.93. The Morgan fingerprint density at radius 2 is 2.00 bits per heavy atom. The van der Waals surface area contributed by atoms with Crippen LogP contribution < -0.4 is 5.32 Å². The Morgan fingerprint density at radius 1 is 1.39 bits per heavy atom. The lowest BCUT2D eigenvalue weighted by Gasteiger charge is -2.17. The second-order valence-electron chi connectivity index (χ2n) is 3.72. The fourth-order valence-corrected chi connectivity index (χ4v) is 1.34. The molecule has 1 rings (SSSR count). The Kier molecular flexibility index (Phi) is 4.15. The highest BCUT2D eigenvalue weighted by Gasteiger charge is 2.31. The van der Waals surface area contributed by atoms with Gasteiger partial charge in [-0.05, 0) is 25.1 Å². The average molecular weight is 265 g/mol. The highest BCUT2D eigenvalue weighted by Crippen LogP contribution is 2.30. The number of benzene rings is 1. The summed E-state index contributed by atoms with van der Waals surface area (Å²) in [7, 11) is 0. The predicted molar refractivity (Wildman–Crippen MR) is 57.1 cm³/mol. The molecule has 0 saturated carbocycles. The largest absolute Gasteiger partial charge is 0.480 e. The third-order valence-electron chi connectivity index (χ3n) is 2.24. The summed E-state index contributed by atoms with van der Waals surface area (Å²) < 4.78 is 50.2. The number of anilines is 1. The fraction of sp³-hybridized carbons (Fsp3) is 0.364. The molecule has 2 atom stereocenters. The number of nitrogens with one attached hydrogen (secondary N) is 1. The van der Waals surface area contributed by atoms with Crippen molar-refractivity contribution in [3.63, 3.8) is 0 Å². The SMILES string of the molecule is CC(F)[C@@H](Nc1cccc(C(F)(F)F)c1)C(=O)O. The van der Waals surface area contributed by atoms with E-state index in [9.17, 15) is 22.4 Å². The summed E-state index contributed by atoms with van der Waals surface area (Å²) in [4.78, 5) is 10.7. The molecule has 0 aromatic heterocycles. The van der Waals surface area contributed by atoms with E-state index >= 15 is 0 Å². The topological polar surface area (TPSA) is 49.3 Å². The number of aliphatic carboxylic acids is 1. The van der Waals surface area contributed by atoms with Crippen molar-refractivity contribution in [2.45, 2.75) is 25.3 Å². The van der Waals surface area contributed by atoms with Gasteiger partial charge in [0.05, 0.1) is 5.56 Å². The molecule has 0 heterocycles. The molecule has 0 aliphatic rings. The van der Waals surface area contributed by atoms with Gasteiger partial charge in [0.2, 0.25) is 0 Å². The third kappa shape index (κ3) is 3.61. The zero-order valence-corrected chi connectivity index (χ0v) is 9.33. The smallest absolute Gasteiger partial charge is 0.416 e. The summed E-state index contributed by atoms with van der Waals surface area (Å²) in [5.41, 5.74) is -1.02. The minimum absolute atomic E-state index is 0.0956. The molecule has 100 valence electrons. The van der Waals surface area contributed by atoms with Crippen LogP contribution in [0, 0.1) is 0 Å². The molecule has 0 aliphatic heterocycles. The van der Waals surface area contributed by atoms with Crippen LogP contribution in [0.4, 0.5) is 23.2 Å². The standard InChI is InChI=1S/C11H11F4NO2/c1-6(12)9(10(17)18)16-8-4-2-3-7(5-8)11(13,14)15/h2-6,9,16H,1H3,(H,17,18)/t6?,9-/m1/s1. The molecule has 1 unspecified atom stereocenters. The van der Waals surface area contributed by atoms with Gasteiger partial charge in [0.15, 0.2) is 6.04 Å². The Labute approximate surface area is 100 Å². The Hall–Kier alpha value is -1.79. The van der Waals surface area contributed by atoms with E-state index < -0.39 is 29.9 Å². The van der Waals surface area contributed by atoms with Crippen molar-refractivity contribution in [3.8, 4) is 0 Å². The molecule has 0 aliphatic carbocycles. The molecule has 0 saturated heterocycles. The van der Waals surface area contributed by atoms with E-state index in [0.29, 0.717) is 0 Å². The van der Waals surface area contributed by atoms with Crippen LogP contribution in [-0.2, 0) is 11.0 Å². The zero-order chi connectivity index (χ0) is 13.9. The van der Waals surface area contributed by atoms with Crippen LogP contribution in [-0.4, -0.2) is 23.3 Å². The maximum absolute atomic E-state index is 13.0. The van der Waals surface area contributed by atoms with Crippen LogP contribution in [0.15, 0.2) is 24.3 Å². The fourth-order valence-electron chi connectivity index (χ4n) is 1.34. The summed E-state index contributed by atoms with van der Waals surface area (Å²) >= 11 is 0. The van der Waals surface area contributed by atoms with Crippen molar-refractivity contribution in [2.75, 3.05) is 5.32 Å². The Morgan fingerprint density at radius 3 is 2.44 bits per heavy atom. The van der Waals surface area contributed by atoms with Crippen molar-refractivity contribution in [1.29, 1.82) is 0 Å². The molecule has 3 nitrogen and oxygen atoms in total. The molecule has 7 heteroatoms. The Balaban J connectivity index is 2.94. The highest BCUT2D eigenvalue weighted by molar-refractivity contribution is 5.78. The normalized spacial score (nSPS) is 14.9. The first-order valence-corrected chi connectivity index (χ1v) is 5.02. The number of hydrogen-bond acceptors (Lipinski definition) is 2. The first-order valence-electron chi connectivity index (χ1n) is 5.02. The Bertz CT molecular complexity index is 431. The van der Waals surface area contributed by atoms with Crippen molar-refractivity contribution in [1.82, 2.24) is 0 Å². The first-order chi connectivity index (χ1) is 8.21. The number of alkyl halides is 4. The van der Waals surface area contributed by atoms with Gasteiger partial charge in [0, 0.05) is 5.69 Å². The van der Waals surface area contributed by atoms with E-state index in [1.54, 1.807) is 0 Å². The molecule has 0 radical (unpaired) electrons. The summed E-state index contributed by atoms with van der Waals surface area (Å²) in [6.45, 7) is 1.01. The quantitative estimate of drug-likeness (QED) is 0.823. The van der Waals surface area contributed by atoms with Gasteiger partial charge in [-0.25, -0.2) is 9.18 Å². The average Bonchev–Trinajstić information content (AvgIpc) is 2.24. The molecule has 18 heavy (non-hydrogen) atoms. The van der Waals surface area contributed by atoms with E-state index in [-0.39, 0.29) is 5.69 Å². The van der Waals surface area contributed by atoms with Gasteiger partial charge in [-0.3, -0.25) is 0 Å². The highest BCUT2D eigenvalue weighted by atomic mass is 19.4. The van der Waals surface area contributed by atoms with Gasteiger partial charge in [0.25, 0.3) is 0 Å². The molecular weight excluding hydrogens is 254 g/mol. The number of carbonyl (C=O) groups is 1. The van der Waals surface area contributed by atoms with Crippen LogP contribution >= 0.6 is 0 Å². The van der Waals surface area contributed by atoms with Crippen LogP contribution in [0.1, 0.15) is 12.5 Å². The second kappa shape index (κ2) is 5.24. The summed E-state index contributed by atoms with van der Waals surface area (Å²) in [6.07, 6.45) is -6.27. The molecule has 0 spiro atoms. The van der Waals surface area contributed by atoms with Gasteiger partial charge in [-0.15, -0.1) is 0 Å². The van der Waals surface area contributed by atoms with Crippen molar-refractivity contribution in [2.24, 2.45) is 0 Å². The van der Waals surface area contributed by atoms with Gasteiger partial charge in [-0.2, -0.15) is 13.2 Å². The lowest BCUT2D eigenvalue weighted by atomic mass is 10.1. The summed E-state index contributed by atoms with van der Waals surface area (Å²) in [5.74, 6) is -1.47. The third-order valence-corrected chi connectivity index (χ3v) is 2.24. The number of halogens is 4. The lowest BCUT2D eigenvalue weighted by Crippen LogP contribution is -2.36. The number of hydrogen-bond donors (Lipinski definition) is 2. The second-order valence-corrected chi connectivity index (χ2v) is 3.72. The molecule has 1 aromatic rings. The molecule has 0 amide bonds. The van der Waals surface area contributed by atoms with E-state index in [2.05, 4.69) is 5.32 Å². The molecule has 1 aromatic carbocycles. The maximum Gasteiger partial charge on any atom is 0.416 e. The summed E-state index contributed by atoms with van der Waals surface area (Å²) in [5, 5.41) is 10.9. The van der Waals surface area contributed by atoms with Crippen LogP contribution in [0.2, 0.25) is 0 Å². The van der Waals surface area contributed by atoms with Gasteiger partial charge < -0.3 is 10.4 Å². The van der Waals surface area contributed by atoms with Crippen LogP contribution in [0.3, 0.4) is 0 Å². The molecule has 0 bridgehead atoms. The van der Waals surface area contributed by atoms with E-state index in [4.69, 9.17) is 5.11 Å². The minimum atomic E-state index is -4.53. The van der Waals surface area contributed by atoms with Crippen molar-refractivity contribution in [3.05, 3.63) is 29.8 Å². The van der Waals surface area contributed by atoms with E-state index in [1.165, 1.54) is 6.07 Å². The molecule has 0 fully saturated rings. The number of carboxylic acids is 1. The lowest BCUT2D eigenvalue weighted by molar-refractivity contribution is -0.139. The monoisotopic (exact) mass is 265 g/mol. The summed E-state index contributed by atoms with van der Waals surface area (Å²) in [6, 6.07) is 2.35.